The van der Waals surface area contributed by atoms with Gasteiger partial charge in [-0.3, -0.25) is 4.98 Å². The molecule has 1 N–H and O–H groups in total. The summed E-state index contributed by atoms with van der Waals surface area (Å²) in [6, 6.07) is 16.8. The normalized spacial score (nSPS) is 10.6. The van der Waals surface area contributed by atoms with Gasteiger partial charge < -0.3 is 5.32 Å². The maximum atomic E-state index is 4.30. The molecule has 0 aliphatic heterocycles. The largest absolute Gasteiger partial charge is 0.355 e. The molecule has 0 aliphatic carbocycles. The maximum Gasteiger partial charge on any atom is 0.0463 e. The van der Waals surface area contributed by atoms with E-state index in [4.69, 9.17) is 0 Å². The lowest BCUT2D eigenvalue weighted by atomic mass is 10.1. The summed E-state index contributed by atoms with van der Waals surface area (Å²) >= 11 is 0. The molecule has 2 heteroatoms. The number of aryl methyl sites for hydroxylation is 2. The highest BCUT2D eigenvalue weighted by molar-refractivity contribution is 5.95. The molecule has 3 rings (SSSR count). The van der Waals surface area contributed by atoms with E-state index in [0.717, 1.165) is 22.6 Å². The molecule has 0 saturated carbocycles. The number of fused-ring (bicyclic) bond motifs is 1. The third-order valence-electron chi connectivity index (χ3n) is 3.30. The van der Waals surface area contributed by atoms with Gasteiger partial charge in [0, 0.05) is 28.7 Å². The summed E-state index contributed by atoms with van der Waals surface area (Å²) in [5.41, 5.74) is 4.42. The first-order valence-electron chi connectivity index (χ1n) is 6.42. The Morgan fingerprint density at radius 3 is 2.58 bits per heavy atom. The standard InChI is InChI=1S/C17H16N2/c1-12-11-18-13(2)10-17(12)19-16-9-5-7-14-6-3-4-8-15(14)16/h3-11H,1-2H3,(H,18,19). The van der Waals surface area contributed by atoms with Crippen molar-refractivity contribution >= 4 is 22.1 Å². The fourth-order valence-electron chi connectivity index (χ4n) is 2.24. The minimum Gasteiger partial charge on any atom is -0.355 e. The Labute approximate surface area is 113 Å². The summed E-state index contributed by atoms with van der Waals surface area (Å²) in [6.45, 7) is 4.08. The van der Waals surface area contributed by atoms with Crippen molar-refractivity contribution in [2.24, 2.45) is 0 Å². The number of pyridine rings is 1. The van der Waals surface area contributed by atoms with Crippen LogP contribution in [0.3, 0.4) is 0 Å². The minimum atomic E-state index is 1.02. The van der Waals surface area contributed by atoms with Crippen LogP contribution in [0.15, 0.2) is 54.7 Å². The van der Waals surface area contributed by atoms with Crippen LogP contribution in [0.1, 0.15) is 11.3 Å². The molecular weight excluding hydrogens is 232 g/mol. The van der Waals surface area contributed by atoms with Crippen molar-refractivity contribution in [3.63, 3.8) is 0 Å². The summed E-state index contributed by atoms with van der Waals surface area (Å²) in [6.07, 6.45) is 1.91. The average Bonchev–Trinajstić information content (AvgIpc) is 2.43. The second-order valence-electron chi connectivity index (χ2n) is 4.79. The molecule has 19 heavy (non-hydrogen) atoms. The number of hydrogen-bond donors (Lipinski definition) is 1. The molecule has 0 amide bonds. The van der Waals surface area contributed by atoms with Gasteiger partial charge in [0.25, 0.3) is 0 Å². The van der Waals surface area contributed by atoms with Crippen molar-refractivity contribution in [3.8, 4) is 0 Å². The number of rotatable bonds is 2. The minimum absolute atomic E-state index is 1.02. The molecule has 0 aliphatic rings. The predicted molar refractivity (Wildman–Crippen MR) is 80.9 cm³/mol. The van der Waals surface area contributed by atoms with Crippen molar-refractivity contribution in [3.05, 3.63) is 66.0 Å². The zero-order valence-electron chi connectivity index (χ0n) is 11.1. The number of nitrogens with zero attached hydrogens (tertiary/aromatic N) is 1. The first-order chi connectivity index (χ1) is 9.24. The SMILES string of the molecule is Cc1cc(Nc2cccc3ccccc23)c(C)cn1. The molecule has 94 valence electrons. The van der Waals surface area contributed by atoms with E-state index in [1.165, 1.54) is 10.8 Å². The van der Waals surface area contributed by atoms with Crippen LogP contribution in [-0.4, -0.2) is 4.98 Å². The van der Waals surface area contributed by atoms with Crippen LogP contribution in [0.25, 0.3) is 10.8 Å². The van der Waals surface area contributed by atoms with Gasteiger partial charge in [-0.05, 0) is 36.9 Å². The van der Waals surface area contributed by atoms with E-state index < -0.39 is 0 Å². The van der Waals surface area contributed by atoms with Crippen LogP contribution in [-0.2, 0) is 0 Å². The fraction of sp³-hybridized carbons (Fsp3) is 0.118. The molecule has 0 saturated heterocycles. The van der Waals surface area contributed by atoms with Crippen LogP contribution in [0, 0.1) is 13.8 Å². The quantitative estimate of drug-likeness (QED) is 0.717. The lowest BCUT2D eigenvalue weighted by Crippen LogP contribution is -1.96. The van der Waals surface area contributed by atoms with Crippen molar-refractivity contribution in [2.75, 3.05) is 5.32 Å². The molecule has 0 spiro atoms. The van der Waals surface area contributed by atoms with E-state index >= 15 is 0 Å². The Kier molecular flexibility index (Phi) is 2.92. The van der Waals surface area contributed by atoms with E-state index in [1.807, 2.05) is 13.1 Å². The van der Waals surface area contributed by atoms with Crippen molar-refractivity contribution in [1.29, 1.82) is 0 Å². The Morgan fingerprint density at radius 2 is 1.68 bits per heavy atom. The molecule has 2 aromatic carbocycles. The molecule has 0 radical (unpaired) electrons. The highest BCUT2D eigenvalue weighted by Gasteiger charge is 2.03. The van der Waals surface area contributed by atoms with E-state index in [1.54, 1.807) is 0 Å². The smallest absolute Gasteiger partial charge is 0.0463 e. The molecule has 0 fully saturated rings. The topological polar surface area (TPSA) is 24.9 Å². The molecule has 1 aromatic heterocycles. The summed E-state index contributed by atoms with van der Waals surface area (Å²) in [5, 5.41) is 6.00. The Hall–Kier alpha value is -2.35. The molecule has 0 atom stereocenters. The van der Waals surface area contributed by atoms with Crippen LogP contribution in [0.4, 0.5) is 11.4 Å². The van der Waals surface area contributed by atoms with Gasteiger partial charge in [0.2, 0.25) is 0 Å². The van der Waals surface area contributed by atoms with Gasteiger partial charge in [0.1, 0.15) is 0 Å². The van der Waals surface area contributed by atoms with Crippen LogP contribution in [0.2, 0.25) is 0 Å². The van der Waals surface area contributed by atoms with Gasteiger partial charge in [-0.15, -0.1) is 0 Å². The third-order valence-corrected chi connectivity index (χ3v) is 3.30. The lowest BCUT2D eigenvalue weighted by molar-refractivity contribution is 1.17. The first-order valence-corrected chi connectivity index (χ1v) is 6.42. The monoisotopic (exact) mass is 248 g/mol. The second-order valence-corrected chi connectivity index (χ2v) is 4.79. The Balaban J connectivity index is 2.08. The number of nitrogens with one attached hydrogen (secondary N) is 1. The number of benzene rings is 2. The van der Waals surface area contributed by atoms with Crippen LogP contribution in [0.5, 0.6) is 0 Å². The summed E-state index contributed by atoms with van der Waals surface area (Å²) in [4.78, 5) is 4.30. The highest BCUT2D eigenvalue weighted by Crippen LogP contribution is 2.27. The lowest BCUT2D eigenvalue weighted by Gasteiger charge is -2.12. The third kappa shape index (κ3) is 2.29. The first kappa shape index (κ1) is 11.7. The molecular formula is C17H16N2. The second kappa shape index (κ2) is 4.73. The van der Waals surface area contributed by atoms with Crippen molar-refractivity contribution in [1.82, 2.24) is 4.98 Å². The maximum absolute atomic E-state index is 4.30. The van der Waals surface area contributed by atoms with Gasteiger partial charge in [0.05, 0.1) is 0 Å². The van der Waals surface area contributed by atoms with Gasteiger partial charge in [-0.25, -0.2) is 0 Å². The van der Waals surface area contributed by atoms with Gasteiger partial charge >= 0.3 is 0 Å². The Bertz CT molecular complexity index is 727. The molecule has 3 aromatic rings. The summed E-state index contributed by atoms with van der Waals surface area (Å²) in [5.74, 6) is 0. The van der Waals surface area contributed by atoms with E-state index in [2.05, 4.69) is 65.8 Å². The average molecular weight is 248 g/mol. The summed E-state index contributed by atoms with van der Waals surface area (Å²) < 4.78 is 0. The highest BCUT2D eigenvalue weighted by atomic mass is 14.9. The van der Waals surface area contributed by atoms with Crippen LogP contribution < -0.4 is 5.32 Å². The number of aromatic nitrogens is 1. The van der Waals surface area contributed by atoms with E-state index in [0.29, 0.717) is 0 Å². The Morgan fingerprint density at radius 1 is 0.895 bits per heavy atom. The molecule has 0 bridgehead atoms. The zero-order valence-corrected chi connectivity index (χ0v) is 11.1. The predicted octanol–water partition coefficient (Wildman–Crippen LogP) is 4.60. The van der Waals surface area contributed by atoms with Crippen molar-refractivity contribution in [2.45, 2.75) is 13.8 Å². The summed E-state index contributed by atoms with van der Waals surface area (Å²) in [7, 11) is 0. The fourth-order valence-corrected chi connectivity index (χ4v) is 2.24. The number of hydrogen-bond acceptors (Lipinski definition) is 2. The van der Waals surface area contributed by atoms with Gasteiger partial charge in [-0.1, -0.05) is 36.4 Å². The molecule has 2 nitrogen and oxygen atoms in total. The molecule has 1 heterocycles. The number of anilines is 2. The van der Waals surface area contributed by atoms with Gasteiger partial charge in [0.15, 0.2) is 0 Å². The van der Waals surface area contributed by atoms with E-state index in [9.17, 15) is 0 Å². The van der Waals surface area contributed by atoms with Gasteiger partial charge in [-0.2, -0.15) is 0 Å². The zero-order chi connectivity index (χ0) is 13.2. The van der Waals surface area contributed by atoms with E-state index in [-0.39, 0.29) is 0 Å². The molecule has 0 unspecified atom stereocenters. The van der Waals surface area contributed by atoms with Crippen LogP contribution >= 0.6 is 0 Å². The van der Waals surface area contributed by atoms with Crippen molar-refractivity contribution < 1.29 is 0 Å².